The van der Waals surface area contributed by atoms with Crippen molar-refractivity contribution in [1.82, 2.24) is 4.90 Å². The molecule has 0 N–H and O–H groups in total. The zero-order valence-electron chi connectivity index (χ0n) is 24.8. The Morgan fingerprint density at radius 2 is 1.60 bits per heavy atom. The van der Waals surface area contributed by atoms with Crippen molar-refractivity contribution < 1.29 is 33.2 Å². The molecule has 0 radical (unpaired) electrons. The predicted molar refractivity (Wildman–Crippen MR) is 162 cm³/mol. The first-order valence-electron chi connectivity index (χ1n) is 14.0. The number of fused-ring (bicyclic) bond motifs is 3. The van der Waals surface area contributed by atoms with E-state index in [1.165, 1.54) is 0 Å². The Hall–Kier alpha value is -4.59. The van der Waals surface area contributed by atoms with Crippen LogP contribution in [0.15, 0.2) is 67.3 Å². The summed E-state index contributed by atoms with van der Waals surface area (Å²) in [6.07, 6.45) is 2.43. The summed E-state index contributed by atoms with van der Waals surface area (Å²) >= 11 is 0. The van der Waals surface area contributed by atoms with Crippen LogP contribution in [-0.4, -0.2) is 65.1 Å². The number of hydrogen-bond donors (Lipinski definition) is 0. The van der Waals surface area contributed by atoms with Crippen molar-refractivity contribution in [3.8, 4) is 28.7 Å². The number of para-hydroxylation sites is 1. The van der Waals surface area contributed by atoms with Crippen LogP contribution in [-0.2, 0) is 16.0 Å². The topological polar surface area (TPSA) is 75.7 Å². The van der Waals surface area contributed by atoms with Gasteiger partial charge in [-0.25, -0.2) is 4.79 Å². The Labute approximate surface area is 247 Å². The van der Waals surface area contributed by atoms with Crippen molar-refractivity contribution in [2.75, 3.05) is 48.2 Å². The largest absolute Gasteiger partial charge is 0.493 e. The zero-order valence-corrected chi connectivity index (χ0v) is 24.8. The molecule has 0 saturated carbocycles. The Balaban J connectivity index is 1.85. The van der Waals surface area contributed by atoms with E-state index >= 15 is 0 Å². The highest BCUT2D eigenvalue weighted by molar-refractivity contribution is 6.02. The first-order valence-corrected chi connectivity index (χ1v) is 14.0. The molecule has 220 valence electrons. The number of nitrogens with zero attached hydrogens (tertiary/aromatic N) is 1. The fourth-order valence-corrected chi connectivity index (χ4v) is 6.07. The molecule has 3 aromatic carbocycles. The van der Waals surface area contributed by atoms with Crippen LogP contribution in [0.2, 0.25) is 0 Å². The molecule has 5 rings (SSSR count). The van der Waals surface area contributed by atoms with Crippen molar-refractivity contribution >= 4 is 17.2 Å². The van der Waals surface area contributed by atoms with Crippen LogP contribution in [0.25, 0.3) is 11.3 Å². The van der Waals surface area contributed by atoms with Crippen molar-refractivity contribution in [3.05, 3.63) is 89.5 Å². The lowest BCUT2D eigenvalue weighted by Crippen LogP contribution is -2.43. The summed E-state index contributed by atoms with van der Waals surface area (Å²) in [7, 11) is 6.49. The molecule has 2 aliphatic rings. The Bertz CT molecular complexity index is 1510. The lowest BCUT2D eigenvalue weighted by atomic mass is 9.82. The van der Waals surface area contributed by atoms with E-state index in [9.17, 15) is 4.79 Å². The highest BCUT2D eigenvalue weighted by Gasteiger charge is 2.49. The van der Waals surface area contributed by atoms with Crippen LogP contribution in [0.4, 0.5) is 0 Å². The fourth-order valence-electron chi connectivity index (χ4n) is 6.07. The van der Waals surface area contributed by atoms with Gasteiger partial charge in [0.2, 0.25) is 0 Å². The third-order valence-corrected chi connectivity index (χ3v) is 7.82. The summed E-state index contributed by atoms with van der Waals surface area (Å²) in [5.74, 6) is 2.46. The molecular formula is C34H37NO7. The minimum absolute atomic E-state index is 0.271. The van der Waals surface area contributed by atoms with E-state index in [-0.39, 0.29) is 12.6 Å². The third-order valence-electron chi connectivity index (χ3n) is 7.82. The van der Waals surface area contributed by atoms with Gasteiger partial charge in [-0.2, -0.15) is 0 Å². The minimum atomic E-state index is -0.627. The molecule has 0 saturated heterocycles. The minimum Gasteiger partial charge on any atom is -0.493 e. The lowest BCUT2D eigenvalue weighted by Gasteiger charge is -2.35. The average Bonchev–Trinajstić information content (AvgIpc) is 3.38. The third kappa shape index (κ3) is 5.02. The highest BCUT2D eigenvalue weighted by atomic mass is 16.5. The van der Waals surface area contributed by atoms with Gasteiger partial charge in [-0.3, -0.25) is 0 Å². The van der Waals surface area contributed by atoms with Crippen LogP contribution >= 0.6 is 0 Å². The van der Waals surface area contributed by atoms with E-state index in [1.807, 2.05) is 61.5 Å². The molecule has 2 atom stereocenters. The Kier molecular flexibility index (Phi) is 8.61. The van der Waals surface area contributed by atoms with Crippen molar-refractivity contribution in [1.29, 1.82) is 0 Å². The summed E-state index contributed by atoms with van der Waals surface area (Å²) < 4.78 is 34.5. The van der Waals surface area contributed by atoms with Crippen molar-refractivity contribution in [2.45, 2.75) is 25.3 Å². The first kappa shape index (κ1) is 28.9. The van der Waals surface area contributed by atoms with Crippen LogP contribution in [0.3, 0.4) is 0 Å². The quantitative estimate of drug-likeness (QED) is 0.213. The van der Waals surface area contributed by atoms with Gasteiger partial charge in [-0.05, 0) is 60.4 Å². The number of rotatable bonds is 11. The van der Waals surface area contributed by atoms with Gasteiger partial charge in [0, 0.05) is 29.3 Å². The van der Waals surface area contributed by atoms with Gasteiger partial charge in [0.05, 0.1) is 35.0 Å². The summed E-state index contributed by atoms with van der Waals surface area (Å²) in [6.45, 7) is 6.87. The standard InChI is InChI=1S/C34H37NO7/c1-7-17-42-25-12-10-9-11-23(25)31-30(22-13-14-26(37-3)27(19-22)38-4)32-24-20-29(40-6)28(39-5)18-21(24)15-16-35(32)33(31)34(36)41-8-2/h7,9-14,18-20,31,33H,1,8,15-17H2,2-6H3/t31-,33-/m1/s1. The number of methoxy groups -OCH3 is 4. The number of hydrogen-bond acceptors (Lipinski definition) is 8. The molecule has 0 amide bonds. The molecule has 0 aromatic heterocycles. The number of ether oxygens (including phenoxy) is 6. The van der Waals surface area contributed by atoms with E-state index in [4.69, 9.17) is 28.4 Å². The second kappa shape index (κ2) is 12.5. The monoisotopic (exact) mass is 571 g/mol. The number of carbonyl (C=O) groups is 1. The first-order chi connectivity index (χ1) is 20.5. The summed E-state index contributed by atoms with van der Waals surface area (Å²) in [4.78, 5) is 16.1. The second-order valence-corrected chi connectivity index (χ2v) is 9.95. The molecule has 0 unspecified atom stereocenters. The average molecular weight is 572 g/mol. The van der Waals surface area contributed by atoms with Crippen molar-refractivity contribution in [2.24, 2.45) is 0 Å². The van der Waals surface area contributed by atoms with Gasteiger partial charge in [0.25, 0.3) is 0 Å². The van der Waals surface area contributed by atoms with Gasteiger partial charge in [-0.15, -0.1) is 0 Å². The van der Waals surface area contributed by atoms with Crippen LogP contribution < -0.4 is 23.7 Å². The van der Waals surface area contributed by atoms with Gasteiger partial charge in [0.1, 0.15) is 18.4 Å². The van der Waals surface area contributed by atoms with Crippen LogP contribution in [0, 0.1) is 0 Å². The van der Waals surface area contributed by atoms with Crippen molar-refractivity contribution in [3.63, 3.8) is 0 Å². The molecule has 0 fully saturated rings. The summed E-state index contributed by atoms with van der Waals surface area (Å²) in [6, 6.07) is 17.1. The second-order valence-electron chi connectivity index (χ2n) is 9.95. The van der Waals surface area contributed by atoms with Gasteiger partial charge in [0.15, 0.2) is 23.0 Å². The molecule has 0 spiro atoms. The van der Waals surface area contributed by atoms with Gasteiger partial charge in [-0.1, -0.05) is 36.9 Å². The van der Waals surface area contributed by atoms with E-state index < -0.39 is 12.0 Å². The molecule has 0 bridgehead atoms. The maximum atomic E-state index is 13.9. The van der Waals surface area contributed by atoms with Gasteiger partial charge >= 0.3 is 5.97 Å². The number of carbonyl (C=O) groups excluding carboxylic acids is 1. The van der Waals surface area contributed by atoms with E-state index in [0.717, 1.165) is 39.9 Å². The fraction of sp³-hybridized carbons (Fsp3) is 0.324. The summed E-state index contributed by atoms with van der Waals surface area (Å²) in [5.41, 5.74) is 5.75. The lowest BCUT2D eigenvalue weighted by molar-refractivity contribution is -0.148. The molecule has 2 heterocycles. The number of benzene rings is 3. The molecule has 8 nitrogen and oxygen atoms in total. The molecule has 8 heteroatoms. The van der Waals surface area contributed by atoms with Gasteiger partial charge < -0.3 is 33.3 Å². The highest BCUT2D eigenvalue weighted by Crippen LogP contribution is 2.55. The maximum Gasteiger partial charge on any atom is 0.329 e. The smallest absolute Gasteiger partial charge is 0.329 e. The molecule has 42 heavy (non-hydrogen) atoms. The molecular weight excluding hydrogens is 534 g/mol. The normalized spacial score (nSPS) is 17.2. The van der Waals surface area contributed by atoms with E-state index in [0.29, 0.717) is 41.9 Å². The molecule has 2 aliphatic heterocycles. The maximum absolute atomic E-state index is 13.9. The zero-order chi connectivity index (χ0) is 29.8. The SMILES string of the molecule is C=CCOc1ccccc1[C@@H]1C(c2ccc(OC)c(OC)c2)=C2c3cc(OC)c(OC)cc3CCN2[C@H]1C(=O)OCC. The van der Waals surface area contributed by atoms with E-state index in [2.05, 4.69) is 11.5 Å². The number of esters is 1. The van der Waals surface area contributed by atoms with E-state index in [1.54, 1.807) is 34.5 Å². The molecule has 3 aromatic rings. The Morgan fingerprint density at radius 3 is 2.29 bits per heavy atom. The predicted octanol–water partition coefficient (Wildman–Crippen LogP) is 5.74. The van der Waals surface area contributed by atoms with Crippen LogP contribution in [0.5, 0.6) is 28.7 Å². The summed E-state index contributed by atoms with van der Waals surface area (Å²) in [5, 5.41) is 0. The van der Waals surface area contributed by atoms with Crippen LogP contribution in [0.1, 0.15) is 35.1 Å². The Morgan fingerprint density at radius 1 is 0.905 bits per heavy atom. The molecule has 0 aliphatic carbocycles.